The Bertz CT molecular complexity index is 485. The molecule has 1 amide bonds. The highest BCUT2D eigenvalue weighted by Gasteiger charge is 2.68. The Hall–Kier alpha value is -1.06. The van der Waals surface area contributed by atoms with Crippen LogP contribution in [0.4, 0.5) is 0 Å². The molecule has 0 radical (unpaired) electrons. The first-order valence-electron chi connectivity index (χ1n) is 7.70. The van der Waals surface area contributed by atoms with E-state index in [1.807, 2.05) is 0 Å². The zero-order chi connectivity index (χ0) is 14.4. The number of carbonyl (C=O) groups excluding carboxylic acids is 1. The lowest BCUT2D eigenvalue weighted by atomic mass is 9.35. The molecule has 2 N–H and O–H groups in total. The van der Waals surface area contributed by atoms with Gasteiger partial charge in [0.05, 0.1) is 0 Å². The van der Waals surface area contributed by atoms with Gasteiger partial charge in [-0.1, -0.05) is 20.8 Å². The molecule has 4 heteroatoms. The lowest BCUT2D eigenvalue weighted by Gasteiger charge is -2.69. The molecule has 0 saturated heterocycles. The third kappa shape index (κ3) is 1.54. The minimum Gasteiger partial charge on any atom is -0.451 e. The number of nitrogens with two attached hydrogens (primary N) is 1. The Kier molecular flexibility index (Phi) is 2.04. The van der Waals surface area contributed by atoms with Crippen LogP contribution in [0.3, 0.4) is 0 Å². The predicted molar refractivity (Wildman–Crippen MR) is 76.0 cm³/mol. The van der Waals surface area contributed by atoms with Gasteiger partial charge in [-0.05, 0) is 54.8 Å². The second-order valence-corrected chi connectivity index (χ2v) is 9.14. The molecule has 1 unspecified atom stereocenters. The van der Waals surface area contributed by atoms with E-state index in [-0.39, 0.29) is 17.3 Å². The maximum atomic E-state index is 12.2. The van der Waals surface area contributed by atoms with E-state index in [1.165, 1.54) is 19.3 Å². The van der Waals surface area contributed by atoms with Crippen molar-refractivity contribution >= 4 is 11.9 Å². The van der Waals surface area contributed by atoms with Gasteiger partial charge in [0, 0.05) is 5.41 Å². The van der Waals surface area contributed by atoms with E-state index in [9.17, 15) is 4.79 Å². The molecule has 0 aromatic rings. The number of amidine groups is 1. The predicted octanol–water partition coefficient (Wildman–Crippen LogP) is 2.61. The molecule has 0 spiro atoms. The van der Waals surface area contributed by atoms with E-state index < -0.39 is 6.10 Å². The number of aliphatic imine (C=N–C) groups is 1. The quantitative estimate of drug-likeness (QED) is 0.800. The average Bonchev–Trinajstić information content (AvgIpc) is 2.50. The Balaban J connectivity index is 1.78. The third-order valence-electron chi connectivity index (χ3n) is 6.14. The summed E-state index contributed by atoms with van der Waals surface area (Å²) in [5.74, 6) is -0.153. The molecule has 110 valence electrons. The van der Waals surface area contributed by atoms with E-state index in [0.29, 0.717) is 16.2 Å². The molecule has 5 rings (SSSR count). The number of amides is 1. The molecule has 4 fully saturated rings. The van der Waals surface area contributed by atoms with E-state index in [2.05, 4.69) is 25.8 Å². The van der Waals surface area contributed by atoms with Crippen LogP contribution in [0.5, 0.6) is 0 Å². The smallest absolute Gasteiger partial charge is 0.291 e. The summed E-state index contributed by atoms with van der Waals surface area (Å²) in [4.78, 5) is 16.0. The molecule has 1 aliphatic heterocycles. The number of nitrogens with zero attached hydrogens (tertiary/aromatic N) is 1. The summed E-state index contributed by atoms with van der Waals surface area (Å²) in [7, 11) is 0. The van der Waals surface area contributed by atoms with Crippen molar-refractivity contribution in [3.63, 3.8) is 0 Å². The van der Waals surface area contributed by atoms with Gasteiger partial charge in [-0.2, -0.15) is 4.99 Å². The van der Waals surface area contributed by atoms with Crippen LogP contribution in [-0.4, -0.2) is 18.0 Å². The van der Waals surface area contributed by atoms with Crippen molar-refractivity contribution in [2.24, 2.45) is 32.4 Å². The van der Waals surface area contributed by atoms with Gasteiger partial charge in [-0.15, -0.1) is 0 Å². The van der Waals surface area contributed by atoms with Crippen LogP contribution in [0.2, 0.25) is 0 Å². The first kappa shape index (κ1) is 12.7. The van der Waals surface area contributed by atoms with Gasteiger partial charge < -0.3 is 10.5 Å². The number of rotatable bonds is 1. The Labute approximate surface area is 120 Å². The van der Waals surface area contributed by atoms with Crippen LogP contribution in [0, 0.1) is 21.7 Å². The zero-order valence-corrected chi connectivity index (χ0v) is 12.7. The summed E-state index contributed by atoms with van der Waals surface area (Å²) in [5.41, 5.74) is 6.63. The molecule has 20 heavy (non-hydrogen) atoms. The summed E-state index contributed by atoms with van der Waals surface area (Å²) in [6.45, 7) is 7.21. The lowest BCUT2D eigenvalue weighted by Crippen LogP contribution is -2.63. The fourth-order valence-electron chi connectivity index (χ4n) is 7.42. The van der Waals surface area contributed by atoms with Gasteiger partial charge in [0.1, 0.15) is 0 Å². The average molecular weight is 276 g/mol. The number of hydrogen-bond donors (Lipinski definition) is 1. The molecule has 5 aliphatic rings. The highest BCUT2D eigenvalue weighted by atomic mass is 16.5. The highest BCUT2D eigenvalue weighted by molar-refractivity contribution is 5.98. The van der Waals surface area contributed by atoms with Crippen LogP contribution in [0.15, 0.2) is 4.99 Å². The van der Waals surface area contributed by atoms with Crippen molar-refractivity contribution in [1.82, 2.24) is 0 Å². The molecular weight excluding hydrogens is 252 g/mol. The van der Waals surface area contributed by atoms with Crippen molar-refractivity contribution in [2.45, 2.75) is 65.4 Å². The number of hydrogen-bond acceptors (Lipinski definition) is 3. The lowest BCUT2D eigenvalue weighted by molar-refractivity contribution is -0.210. The van der Waals surface area contributed by atoms with Crippen molar-refractivity contribution < 1.29 is 9.53 Å². The monoisotopic (exact) mass is 276 g/mol. The van der Waals surface area contributed by atoms with E-state index in [4.69, 9.17) is 10.5 Å². The zero-order valence-electron chi connectivity index (χ0n) is 12.7. The SMILES string of the molecule is CC12CC3(C)CC(C)(C1)CC(C1OC(N)=NC1=O)(C2)C3. The second kappa shape index (κ2) is 3.23. The molecule has 4 saturated carbocycles. The minimum atomic E-state index is -0.429. The number of ether oxygens (including phenoxy) is 1. The molecular formula is C16H24N2O2. The van der Waals surface area contributed by atoms with Crippen LogP contribution in [0.1, 0.15) is 59.3 Å². The van der Waals surface area contributed by atoms with E-state index in [1.54, 1.807) is 0 Å². The van der Waals surface area contributed by atoms with Crippen LogP contribution >= 0.6 is 0 Å². The maximum absolute atomic E-state index is 12.2. The highest BCUT2D eigenvalue weighted by Crippen LogP contribution is 2.74. The van der Waals surface area contributed by atoms with Gasteiger partial charge in [-0.3, -0.25) is 4.79 Å². The van der Waals surface area contributed by atoms with Gasteiger partial charge in [0.15, 0.2) is 6.10 Å². The Morgan fingerprint density at radius 1 is 1.00 bits per heavy atom. The van der Waals surface area contributed by atoms with Gasteiger partial charge >= 0.3 is 0 Å². The fourth-order valence-corrected chi connectivity index (χ4v) is 7.42. The maximum Gasteiger partial charge on any atom is 0.291 e. The Morgan fingerprint density at radius 2 is 1.45 bits per heavy atom. The Morgan fingerprint density at radius 3 is 1.80 bits per heavy atom. The molecule has 1 heterocycles. The second-order valence-electron chi connectivity index (χ2n) is 9.14. The van der Waals surface area contributed by atoms with Crippen molar-refractivity contribution in [3.05, 3.63) is 0 Å². The molecule has 4 aliphatic carbocycles. The van der Waals surface area contributed by atoms with E-state index in [0.717, 1.165) is 19.3 Å². The third-order valence-corrected chi connectivity index (χ3v) is 6.14. The molecule has 1 atom stereocenters. The minimum absolute atomic E-state index is 0.0469. The van der Waals surface area contributed by atoms with Gasteiger partial charge in [0.2, 0.25) is 0 Å². The van der Waals surface area contributed by atoms with Crippen LogP contribution < -0.4 is 5.73 Å². The summed E-state index contributed by atoms with van der Waals surface area (Å²) < 4.78 is 5.67. The molecule has 0 aromatic carbocycles. The van der Waals surface area contributed by atoms with Crippen molar-refractivity contribution in [1.29, 1.82) is 0 Å². The van der Waals surface area contributed by atoms with Crippen molar-refractivity contribution in [2.75, 3.05) is 0 Å². The summed E-state index contributed by atoms with van der Waals surface area (Å²) in [6, 6.07) is 0.0659. The summed E-state index contributed by atoms with van der Waals surface area (Å²) in [6.07, 6.45) is 6.69. The van der Waals surface area contributed by atoms with Crippen molar-refractivity contribution in [3.8, 4) is 0 Å². The first-order valence-corrected chi connectivity index (χ1v) is 7.70. The normalized spacial score (nSPS) is 56.9. The standard InChI is InChI=1S/C16H24N2O2/c1-13-4-14(2)6-15(3,5-13)9-16(7-13,8-14)10-11(19)18-12(17)20-10/h10H,4-9H2,1-3H3,(H2,17,18,19). The van der Waals surface area contributed by atoms with Gasteiger partial charge in [-0.25, -0.2) is 0 Å². The summed E-state index contributed by atoms with van der Waals surface area (Å²) in [5, 5.41) is 0. The first-order chi connectivity index (χ1) is 9.15. The largest absolute Gasteiger partial charge is 0.451 e. The summed E-state index contributed by atoms with van der Waals surface area (Å²) >= 11 is 0. The number of carbonyl (C=O) groups is 1. The fraction of sp³-hybridized carbons (Fsp3) is 0.875. The topological polar surface area (TPSA) is 64.7 Å². The van der Waals surface area contributed by atoms with Crippen LogP contribution in [0.25, 0.3) is 0 Å². The van der Waals surface area contributed by atoms with E-state index >= 15 is 0 Å². The molecule has 4 nitrogen and oxygen atoms in total. The molecule has 0 aromatic heterocycles. The van der Waals surface area contributed by atoms with Crippen LogP contribution in [-0.2, 0) is 9.53 Å². The van der Waals surface area contributed by atoms with Gasteiger partial charge in [0.25, 0.3) is 11.9 Å². The molecule has 4 bridgehead atoms.